The molecule has 184 valence electrons. The van der Waals surface area contributed by atoms with Crippen molar-refractivity contribution in [3.8, 4) is 17.7 Å². The first-order chi connectivity index (χ1) is 17.1. The minimum atomic E-state index is -4.68. The van der Waals surface area contributed by atoms with E-state index in [0.29, 0.717) is 34.7 Å². The second-order valence-corrected chi connectivity index (χ2v) is 8.82. The van der Waals surface area contributed by atoms with Gasteiger partial charge in [0.15, 0.2) is 11.5 Å². The average molecular weight is 514 g/mol. The van der Waals surface area contributed by atoms with Crippen LogP contribution in [0.15, 0.2) is 28.8 Å². The summed E-state index contributed by atoms with van der Waals surface area (Å²) in [7, 11) is 1.76. The van der Waals surface area contributed by atoms with E-state index < -0.39 is 17.3 Å². The fourth-order valence-corrected chi connectivity index (χ4v) is 4.69. The molecule has 0 aliphatic carbocycles. The molecule has 0 bridgehead atoms. The van der Waals surface area contributed by atoms with Crippen LogP contribution in [0.3, 0.4) is 0 Å². The minimum Gasteiger partial charge on any atom is -0.337 e. The van der Waals surface area contributed by atoms with Gasteiger partial charge in [-0.05, 0) is 37.6 Å². The lowest BCUT2D eigenvalue weighted by Gasteiger charge is -2.11. The van der Waals surface area contributed by atoms with E-state index in [4.69, 9.17) is 16.1 Å². The number of rotatable bonds is 5. The van der Waals surface area contributed by atoms with Crippen LogP contribution in [0, 0.1) is 18.3 Å². The van der Waals surface area contributed by atoms with Crippen LogP contribution in [-0.4, -0.2) is 29.5 Å². The normalized spacial score (nSPS) is 12.1. The molecule has 4 aromatic heterocycles. The molecule has 0 saturated heterocycles. The Bertz CT molecular complexity index is 1670. The summed E-state index contributed by atoms with van der Waals surface area (Å²) in [6.07, 6.45) is -3.43. The Labute approximate surface area is 207 Å². The Hall–Kier alpha value is -3.91. The second kappa shape index (κ2) is 8.64. The molecule has 5 rings (SSSR count). The number of hydrogen-bond acceptors (Lipinski definition) is 6. The van der Waals surface area contributed by atoms with Gasteiger partial charge in [0.25, 0.3) is 5.89 Å². The van der Waals surface area contributed by atoms with Crippen molar-refractivity contribution in [2.24, 2.45) is 7.05 Å². The molecule has 0 unspecified atom stereocenters. The SMILES string of the molecule is CCCc1cc2c(C(F)(F)F)c(C#N)ccc2n1Cc1noc(-c2nc3c(cc2Cl)c(C)nn3C)n1. The van der Waals surface area contributed by atoms with E-state index in [1.807, 2.05) is 13.8 Å². The van der Waals surface area contributed by atoms with Gasteiger partial charge in [-0.15, -0.1) is 0 Å². The number of alkyl halides is 3. The Morgan fingerprint density at radius 1 is 1.17 bits per heavy atom. The van der Waals surface area contributed by atoms with Gasteiger partial charge >= 0.3 is 6.18 Å². The minimum absolute atomic E-state index is 0.0320. The molecule has 8 nitrogen and oxygen atoms in total. The number of aromatic nitrogens is 6. The topological polar surface area (TPSA) is 98.4 Å². The van der Waals surface area contributed by atoms with Crippen LogP contribution in [0.2, 0.25) is 5.02 Å². The number of fused-ring (bicyclic) bond motifs is 2. The van der Waals surface area contributed by atoms with Crippen molar-refractivity contribution in [2.75, 3.05) is 0 Å². The fourth-order valence-electron chi connectivity index (χ4n) is 4.46. The van der Waals surface area contributed by atoms with Crippen molar-refractivity contribution < 1.29 is 17.7 Å². The predicted octanol–water partition coefficient (Wildman–Crippen LogP) is 5.83. The number of pyridine rings is 1. The Balaban J connectivity index is 1.59. The van der Waals surface area contributed by atoms with Crippen molar-refractivity contribution in [1.29, 1.82) is 5.26 Å². The van der Waals surface area contributed by atoms with Crippen molar-refractivity contribution in [1.82, 2.24) is 29.5 Å². The van der Waals surface area contributed by atoms with Crippen molar-refractivity contribution in [3.63, 3.8) is 0 Å². The summed E-state index contributed by atoms with van der Waals surface area (Å²) >= 11 is 6.44. The van der Waals surface area contributed by atoms with Gasteiger partial charge in [-0.1, -0.05) is 30.1 Å². The Morgan fingerprint density at radius 2 is 1.94 bits per heavy atom. The monoisotopic (exact) mass is 513 g/mol. The van der Waals surface area contributed by atoms with Gasteiger partial charge in [0.2, 0.25) is 0 Å². The zero-order valence-corrected chi connectivity index (χ0v) is 20.2. The fraction of sp³-hybridized carbons (Fsp3) is 0.292. The third-order valence-electron chi connectivity index (χ3n) is 6.00. The highest BCUT2D eigenvalue weighted by Gasteiger charge is 2.36. The largest absolute Gasteiger partial charge is 0.418 e. The third-order valence-corrected chi connectivity index (χ3v) is 6.29. The molecule has 12 heteroatoms. The highest BCUT2D eigenvalue weighted by atomic mass is 35.5. The summed E-state index contributed by atoms with van der Waals surface area (Å²) in [6.45, 7) is 3.85. The maximum Gasteiger partial charge on any atom is 0.418 e. The van der Waals surface area contributed by atoms with Crippen molar-refractivity contribution in [2.45, 2.75) is 39.4 Å². The Morgan fingerprint density at radius 3 is 2.64 bits per heavy atom. The highest BCUT2D eigenvalue weighted by Crippen LogP contribution is 2.39. The molecular formula is C24H19ClF3N7O. The molecule has 0 N–H and O–H groups in total. The average Bonchev–Trinajstić information content (AvgIpc) is 3.49. The van der Waals surface area contributed by atoms with Gasteiger partial charge in [0.1, 0.15) is 5.69 Å². The molecule has 36 heavy (non-hydrogen) atoms. The predicted molar refractivity (Wildman–Crippen MR) is 126 cm³/mol. The summed E-state index contributed by atoms with van der Waals surface area (Å²) in [6, 6.07) is 7.58. The summed E-state index contributed by atoms with van der Waals surface area (Å²) in [5, 5.41) is 18.7. The first-order valence-electron chi connectivity index (χ1n) is 11.1. The summed E-state index contributed by atoms with van der Waals surface area (Å²) in [5.74, 6) is 0.337. The first-order valence-corrected chi connectivity index (χ1v) is 11.4. The number of nitrogens with zero attached hydrogens (tertiary/aromatic N) is 7. The smallest absolute Gasteiger partial charge is 0.337 e. The zero-order valence-electron chi connectivity index (χ0n) is 19.5. The highest BCUT2D eigenvalue weighted by molar-refractivity contribution is 6.33. The van der Waals surface area contributed by atoms with Crippen LogP contribution in [0.5, 0.6) is 0 Å². The van der Waals surface area contributed by atoms with Gasteiger partial charge in [0, 0.05) is 29.0 Å². The number of nitriles is 1. The molecule has 0 aliphatic rings. The standard InChI is InChI=1S/C24H19ClF3N7O/c1-4-5-14-8-16-18(7-6-13(10-29)20(16)24(26,27)28)35(14)11-19-30-23(36-33-19)21-17(25)9-15-12(2)32-34(3)22(15)31-21/h6-9H,4-5,11H2,1-3H3. The molecular weight excluding hydrogens is 495 g/mol. The molecule has 0 atom stereocenters. The van der Waals surface area contributed by atoms with Crippen molar-refractivity contribution >= 4 is 33.5 Å². The lowest BCUT2D eigenvalue weighted by Crippen LogP contribution is -2.09. The van der Waals surface area contributed by atoms with Crippen molar-refractivity contribution in [3.05, 3.63) is 57.6 Å². The molecule has 0 amide bonds. The number of aryl methyl sites for hydroxylation is 3. The first kappa shape index (κ1) is 23.8. The molecule has 5 aromatic rings. The van der Waals surface area contributed by atoms with E-state index in [2.05, 4.69) is 20.2 Å². The number of halogens is 4. The van der Waals surface area contributed by atoms with E-state index in [-0.39, 0.29) is 29.3 Å². The molecule has 0 radical (unpaired) electrons. The molecule has 0 aliphatic heterocycles. The van der Waals surface area contributed by atoms with Crippen LogP contribution in [0.25, 0.3) is 33.5 Å². The van der Waals surface area contributed by atoms with Crippen LogP contribution in [0.4, 0.5) is 13.2 Å². The van der Waals surface area contributed by atoms with E-state index in [0.717, 1.165) is 11.1 Å². The van der Waals surface area contributed by atoms with Gasteiger partial charge < -0.3 is 9.09 Å². The number of hydrogen-bond donors (Lipinski definition) is 0. The quantitative estimate of drug-likeness (QED) is 0.293. The van der Waals surface area contributed by atoms with Crippen LogP contribution in [-0.2, 0) is 26.2 Å². The third kappa shape index (κ3) is 3.87. The van der Waals surface area contributed by atoms with Gasteiger partial charge in [-0.25, -0.2) is 4.98 Å². The molecule has 1 aromatic carbocycles. The van der Waals surface area contributed by atoms with Crippen LogP contribution >= 0.6 is 11.6 Å². The van der Waals surface area contributed by atoms with E-state index >= 15 is 0 Å². The molecule has 0 spiro atoms. The Kier molecular flexibility index (Phi) is 5.71. The lowest BCUT2D eigenvalue weighted by molar-refractivity contribution is -0.136. The zero-order chi connectivity index (χ0) is 25.8. The summed E-state index contributed by atoms with van der Waals surface area (Å²) < 4.78 is 50.4. The second-order valence-electron chi connectivity index (χ2n) is 8.42. The maximum absolute atomic E-state index is 13.9. The van der Waals surface area contributed by atoms with Crippen LogP contribution in [0.1, 0.15) is 41.7 Å². The van der Waals surface area contributed by atoms with E-state index in [9.17, 15) is 18.4 Å². The summed E-state index contributed by atoms with van der Waals surface area (Å²) in [5.41, 5.74) is 1.31. The van der Waals surface area contributed by atoms with Gasteiger partial charge in [-0.3, -0.25) is 4.68 Å². The molecule has 0 saturated carbocycles. The van der Waals surface area contributed by atoms with Gasteiger partial charge in [0.05, 0.1) is 34.5 Å². The van der Waals surface area contributed by atoms with Gasteiger partial charge in [-0.2, -0.15) is 28.5 Å². The number of benzene rings is 1. The van der Waals surface area contributed by atoms with E-state index in [1.165, 1.54) is 18.2 Å². The van der Waals surface area contributed by atoms with E-state index in [1.54, 1.807) is 28.4 Å². The molecule has 4 heterocycles. The molecule has 0 fully saturated rings. The summed E-state index contributed by atoms with van der Waals surface area (Å²) in [4.78, 5) is 8.96. The van der Waals surface area contributed by atoms with Crippen LogP contribution < -0.4 is 0 Å². The lowest BCUT2D eigenvalue weighted by atomic mass is 10.0. The maximum atomic E-state index is 13.9.